The highest BCUT2D eigenvalue weighted by atomic mass is 79.9. The molecular weight excluding hydrogens is 490 g/mol. The lowest BCUT2D eigenvalue weighted by Crippen LogP contribution is -2.40. The quantitative estimate of drug-likeness (QED) is 0.402. The maximum Gasteiger partial charge on any atom is 0.278 e. The topological polar surface area (TPSA) is 63.7 Å². The van der Waals surface area contributed by atoms with Gasteiger partial charge in [0, 0.05) is 4.47 Å². The standard InChI is InChI=1S/C25H26BrNO4S/c1-5-20-8-10-22(11-9-20)27(32(29,30)23-12-6-17(2)7-13-23)24(28)16-31-25-18(3)14-21(26)15-19(25)4/h6-15H,5,16H2,1-4H3. The van der Waals surface area contributed by atoms with Crippen molar-refractivity contribution in [2.24, 2.45) is 0 Å². The van der Waals surface area contributed by atoms with Crippen LogP contribution in [0.1, 0.15) is 29.2 Å². The molecule has 0 saturated carbocycles. The molecule has 0 atom stereocenters. The molecule has 168 valence electrons. The summed E-state index contributed by atoms with van der Waals surface area (Å²) in [4.78, 5) is 13.3. The lowest BCUT2D eigenvalue weighted by molar-refractivity contribution is -0.119. The van der Waals surface area contributed by atoms with E-state index in [0.717, 1.165) is 37.5 Å². The van der Waals surface area contributed by atoms with Crippen LogP contribution < -0.4 is 9.04 Å². The number of carbonyl (C=O) groups excluding carboxylic acids is 1. The Labute approximate surface area is 198 Å². The van der Waals surface area contributed by atoms with Crippen LogP contribution in [-0.2, 0) is 21.2 Å². The van der Waals surface area contributed by atoms with Crippen LogP contribution in [0.4, 0.5) is 5.69 Å². The lowest BCUT2D eigenvalue weighted by Gasteiger charge is -2.23. The van der Waals surface area contributed by atoms with Crippen molar-refractivity contribution in [1.82, 2.24) is 0 Å². The fraction of sp³-hybridized carbons (Fsp3) is 0.240. The van der Waals surface area contributed by atoms with Crippen molar-refractivity contribution >= 4 is 37.5 Å². The van der Waals surface area contributed by atoms with Gasteiger partial charge in [-0.3, -0.25) is 4.79 Å². The van der Waals surface area contributed by atoms with Crippen LogP contribution in [0.3, 0.4) is 0 Å². The Morgan fingerprint density at radius 1 is 0.938 bits per heavy atom. The molecule has 7 heteroatoms. The average molecular weight is 516 g/mol. The Morgan fingerprint density at radius 3 is 2.03 bits per heavy atom. The number of anilines is 1. The number of hydrogen-bond acceptors (Lipinski definition) is 4. The van der Waals surface area contributed by atoms with Gasteiger partial charge in [-0.1, -0.05) is 52.7 Å². The Bertz CT molecular complexity index is 1200. The number of sulfonamides is 1. The highest BCUT2D eigenvalue weighted by Crippen LogP contribution is 2.29. The second-order valence-corrected chi connectivity index (χ2v) is 10.4. The Kier molecular flexibility index (Phi) is 7.41. The minimum Gasteiger partial charge on any atom is -0.483 e. The third kappa shape index (κ3) is 5.22. The van der Waals surface area contributed by atoms with Gasteiger partial charge in [0.05, 0.1) is 10.6 Å². The molecule has 3 aromatic rings. The third-order valence-corrected chi connectivity index (χ3v) is 7.35. The highest BCUT2D eigenvalue weighted by molar-refractivity contribution is 9.10. The predicted molar refractivity (Wildman–Crippen MR) is 131 cm³/mol. The largest absolute Gasteiger partial charge is 0.483 e. The van der Waals surface area contributed by atoms with Crippen LogP contribution in [0.25, 0.3) is 0 Å². The number of rotatable bonds is 7. The highest BCUT2D eigenvalue weighted by Gasteiger charge is 2.31. The molecule has 0 radical (unpaired) electrons. The molecule has 5 nitrogen and oxygen atoms in total. The van der Waals surface area contributed by atoms with E-state index in [4.69, 9.17) is 4.74 Å². The summed E-state index contributed by atoms with van der Waals surface area (Å²) in [6.07, 6.45) is 0.810. The van der Waals surface area contributed by atoms with Crippen molar-refractivity contribution in [3.63, 3.8) is 0 Å². The van der Waals surface area contributed by atoms with E-state index in [2.05, 4.69) is 15.9 Å². The average Bonchev–Trinajstić information content (AvgIpc) is 2.73. The van der Waals surface area contributed by atoms with Crippen molar-refractivity contribution in [1.29, 1.82) is 0 Å². The molecule has 0 spiro atoms. The van der Waals surface area contributed by atoms with Crippen molar-refractivity contribution < 1.29 is 17.9 Å². The van der Waals surface area contributed by atoms with Crippen molar-refractivity contribution in [3.8, 4) is 5.75 Å². The molecule has 32 heavy (non-hydrogen) atoms. The number of halogens is 1. The SMILES string of the molecule is CCc1ccc(N(C(=O)COc2c(C)cc(Br)cc2C)S(=O)(=O)c2ccc(C)cc2)cc1. The zero-order chi connectivity index (χ0) is 23.5. The van der Waals surface area contributed by atoms with Crippen LogP contribution in [0.2, 0.25) is 0 Å². The van der Waals surface area contributed by atoms with Crippen LogP contribution >= 0.6 is 15.9 Å². The Morgan fingerprint density at radius 2 is 1.50 bits per heavy atom. The van der Waals surface area contributed by atoms with Gasteiger partial charge in [0.2, 0.25) is 0 Å². The molecule has 0 fully saturated rings. The van der Waals surface area contributed by atoms with E-state index in [1.807, 2.05) is 52.0 Å². The first-order chi connectivity index (χ1) is 15.1. The molecule has 0 N–H and O–H groups in total. The van der Waals surface area contributed by atoms with Crippen LogP contribution in [0.15, 0.2) is 70.0 Å². The summed E-state index contributed by atoms with van der Waals surface area (Å²) in [5.74, 6) is -0.105. The van der Waals surface area contributed by atoms with Gasteiger partial charge in [-0.15, -0.1) is 0 Å². The van der Waals surface area contributed by atoms with E-state index in [1.54, 1.807) is 24.3 Å². The number of nitrogens with zero attached hydrogens (tertiary/aromatic N) is 1. The molecule has 0 unspecified atom stereocenters. The summed E-state index contributed by atoms with van der Waals surface area (Å²) >= 11 is 3.44. The molecule has 0 aliphatic carbocycles. The van der Waals surface area contributed by atoms with E-state index in [9.17, 15) is 13.2 Å². The third-order valence-electron chi connectivity index (χ3n) is 5.13. The van der Waals surface area contributed by atoms with Crippen LogP contribution in [0, 0.1) is 20.8 Å². The van der Waals surface area contributed by atoms with Gasteiger partial charge in [0.1, 0.15) is 5.75 Å². The van der Waals surface area contributed by atoms with E-state index in [-0.39, 0.29) is 10.6 Å². The minimum atomic E-state index is -4.12. The molecular formula is C25H26BrNO4S. The van der Waals surface area contributed by atoms with E-state index in [0.29, 0.717) is 5.75 Å². The van der Waals surface area contributed by atoms with Crippen molar-refractivity contribution in [2.45, 2.75) is 39.0 Å². The molecule has 3 aromatic carbocycles. The summed E-state index contributed by atoms with van der Waals surface area (Å²) in [6.45, 7) is 7.23. The van der Waals surface area contributed by atoms with Gasteiger partial charge < -0.3 is 4.74 Å². The van der Waals surface area contributed by atoms with Gasteiger partial charge in [-0.25, -0.2) is 8.42 Å². The fourth-order valence-electron chi connectivity index (χ4n) is 3.42. The molecule has 0 aliphatic heterocycles. The second-order valence-electron chi connectivity index (χ2n) is 7.65. The molecule has 0 bridgehead atoms. The number of aryl methyl sites for hydroxylation is 4. The van der Waals surface area contributed by atoms with E-state index >= 15 is 0 Å². The van der Waals surface area contributed by atoms with Crippen molar-refractivity contribution in [3.05, 3.63) is 87.4 Å². The number of hydrogen-bond donors (Lipinski definition) is 0. The van der Waals surface area contributed by atoms with Crippen LogP contribution in [-0.4, -0.2) is 20.9 Å². The summed E-state index contributed by atoms with van der Waals surface area (Å²) in [7, 11) is -4.12. The van der Waals surface area contributed by atoms with Crippen molar-refractivity contribution in [2.75, 3.05) is 10.9 Å². The van der Waals surface area contributed by atoms with Gasteiger partial charge in [0.25, 0.3) is 15.9 Å². The Balaban J connectivity index is 1.98. The number of carbonyl (C=O) groups is 1. The first-order valence-corrected chi connectivity index (χ1v) is 12.5. The first-order valence-electron chi connectivity index (χ1n) is 10.3. The molecule has 1 amide bonds. The summed E-state index contributed by atoms with van der Waals surface area (Å²) < 4.78 is 34.5. The fourth-order valence-corrected chi connectivity index (χ4v) is 5.51. The van der Waals surface area contributed by atoms with Gasteiger partial charge in [-0.05, 0) is 80.3 Å². The lowest BCUT2D eigenvalue weighted by atomic mass is 10.1. The van der Waals surface area contributed by atoms with Gasteiger partial charge >= 0.3 is 0 Å². The number of benzene rings is 3. The first kappa shape index (κ1) is 24.0. The van der Waals surface area contributed by atoms with Gasteiger partial charge in [-0.2, -0.15) is 4.31 Å². The van der Waals surface area contributed by atoms with Gasteiger partial charge in [0.15, 0.2) is 6.61 Å². The Hall–Kier alpha value is -2.64. The molecule has 0 aliphatic rings. The summed E-state index contributed by atoms with van der Waals surface area (Å²) in [6, 6.07) is 17.2. The molecule has 0 aromatic heterocycles. The predicted octanol–water partition coefficient (Wildman–Crippen LogP) is 5.74. The van der Waals surface area contributed by atoms with Crippen LogP contribution in [0.5, 0.6) is 5.75 Å². The maximum absolute atomic E-state index is 13.5. The van der Waals surface area contributed by atoms with E-state index < -0.39 is 22.5 Å². The smallest absolute Gasteiger partial charge is 0.278 e. The zero-order valence-corrected chi connectivity index (χ0v) is 21.0. The molecule has 0 saturated heterocycles. The summed E-state index contributed by atoms with van der Waals surface area (Å²) in [5, 5.41) is 0. The second kappa shape index (κ2) is 9.88. The normalized spacial score (nSPS) is 11.3. The summed E-state index contributed by atoms with van der Waals surface area (Å²) in [5.41, 5.74) is 3.96. The monoisotopic (exact) mass is 515 g/mol. The number of ether oxygens (including phenoxy) is 1. The van der Waals surface area contributed by atoms with E-state index in [1.165, 1.54) is 12.1 Å². The molecule has 0 heterocycles. The maximum atomic E-state index is 13.5. The molecule has 3 rings (SSSR count). The minimum absolute atomic E-state index is 0.0482. The zero-order valence-electron chi connectivity index (χ0n) is 18.6. The number of amides is 1.